The Labute approximate surface area is 98.5 Å². The summed E-state index contributed by atoms with van der Waals surface area (Å²) in [6.45, 7) is 8.78. The van der Waals surface area contributed by atoms with Gasteiger partial charge in [0.2, 0.25) is 0 Å². The van der Waals surface area contributed by atoms with E-state index in [1.165, 1.54) is 19.3 Å². The normalized spacial score (nSPS) is 26.8. The summed E-state index contributed by atoms with van der Waals surface area (Å²) in [5.41, 5.74) is 0.110. The van der Waals surface area contributed by atoms with E-state index in [1.807, 2.05) is 11.8 Å². The zero-order valence-corrected chi connectivity index (χ0v) is 11.3. The first-order valence-corrected chi connectivity index (χ1v) is 7.23. The molecule has 2 unspecified atom stereocenters. The van der Waals surface area contributed by atoms with Gasteiger partial charge in [-0.25, -0.2) is 0 Å². The maximum absolute atomic E-state index is 5.91. The van der Waals surface area contributed by atoms with Crippen LogP contribution in [-0.4, -0.2) is 36.3 Å². The van der Waals surface area contributed by atoms with Gasteiger partial charge in [0, 0.05) is 11.8 Å². The van der Waals surface area contributed by atoms with Gasteiger partial charge in [-0.2, -0.15) is 11.8 Å². The largest absolute Gasteiger partial charge is 0.371 e. The van der Waals surface area contributed by atoms with Crippen LogP contribution in [0.5, 0.6) is 0 Å². The lowest BCUT2D eigenvalue weighted by atomic mass is 10.1. The Bertz CT molecular complexity index is 184. The maximum atomic E-state index is 5.91. The standard InChI is InChI=1S/C12H25NOS/c1-10(15-4)6-8-13-9-11-5-7-12(2,3)14-11/h10-11,13H,5-9H2,1-4H3. The Morgan fingerprint density at radius 3 is 2.80 bits per heavy atom. The second-order valence-electron chi connectivity index (χ2n) is 5.08. The number of ether oxygens (including phenoxy) is 1. The summed E-state index contributed by atoms with van der Waals surface area (Å²) in [5.74, 6) is 0. The highest BCUT2D eigenvalue weighted by atomic mass is 32.2. The van der Waals surface area contributed by atoms with Gasteiger partial charge in [-0.1, -0.05) is 6.92 Å². The molecule has 15 heavy (non-hydrogen) atoms. The van der Waals surface area contributed by atoms with Crippen molar-refractivity contribution in [3.05, 3.63) is 0 Å². The van der Waals surface area contributed by atoms with Crippen LogP contribution >= 0.6 is 11.8 Å². The van der Waals surface area contributed by atoms with E-state index in [4.69, 9.17) is 4.74 Å². The fraction of sp³-hybridized carbons (Fsp3) is 1.00. The Kier molecular flexibility index (Phi) is 5.44. The van der Waals surface area contributed by atoms with Gasteiger partial charge < -0.3 is 10.1 Å². The maximum Gasteiger partial charge on any atom is 0.0707 e. The molecule has 0 radical (unpaired) electrons. The first-order valence-electron chi connectivity index (χ1n) is 5.95. The van der Waals surface area contributed by atoms with Crippen LogP contribution < -0.4 is 5.32 Å². The molecule has 1 N–H and O–H groups in total. The third-order valence-electron chi connectivity index (χ3n) is 3.06. The van der Waals surface area contributed by atoms with Gasteiger partial charge in [0.1, 0.15) is 0 Å². The van der Waals surface area contributed by atoms with Gasteiger partial charge in [-0.3, -0.25) is 0 Å². The van der Waals surface area contributed by atoms with Crippen LogP contribution in [0.2, 0.25) is 0 Å². The zero-order chi connectivity index (χ0) is 11.3. The van der Waals surface area contributed by atoms with Gasteiger partial charge in [0.05, 0.1) is 11.7 Å². The minimum absolute atomic E-state index is 0.110. The molecule has 3 heteroatoms. The van der Waals surface area contributed by atoms with Crippen molar-refractivity contribution >= 4 is 11.8 Å². The van der Waals surface area contributed by atoms with E-state index >= 15 is 0 Å². The minimum Gasteiger partial charge on any atom is -0.371 e. The van der Waals surface area contributed by atoms with Crippen molar-refractivity contribution in [1.82, 2.24) is 5.32 Å². The summed E-state index contributed by atoms with van der Waals surface area (Å²) < 4.78 is 5.91. The van der Waals surface area contributed by atoms with Crippen LogP contribution in [0.4, 0.5) is 0 Å². The number of rotatable bonds is 6. The molecule has 1 fully saturated rings. The van der Waals surface area contributed by atoms with Crippen LogP contribution in [0.1, 0.15) is 40.0 Å². The number of hydrogen-bond acceptors (Lipinski definition) is 3. The highest BCUT2D eigenvalue weighted by molar-refractivity contribution is 7.99. The van der Waals surface area contributed by atoms with Crippen molar-refractivity contribution < 1.29 is 4.74 Å². The van der Waals surface area contributed by atoms with Gasteiger partial charge in [-0.05, 0) is 45.9 Å². The topological polar surface area (TPSA) is 21.3 Å². The molecule has 2 nitrogen and oxygen atoms in total. The van der Waals surface area contributed by atoms with E-state index in [2.05, 4.69) is 32.3 Å². The molecule has 1 saturated heterocycles. The summed E-state index contributed by atoms with van der Waals surface area (Å²) in [4.78, 5) is 0. The molecule has 1 heterocycles. The Morgan fingerprint density at radius 2 is 2.27 bits per heavy atom. The van der Waals surface area contributed by atoms with Crippen molar-refractivity contribution in [2.24, 2.45) is 0 Å². The van der Waals surface area contributed by atoms with Crippen molar-refractivity contribution in [2.75, 3.05) is 19.3 Å². The molecule has 0 amide bonds. The predicted octanol–water partition coefficient (Wildman–Crippen LogP) is 2.68. The van der Waals surface area contributed by atoms with Gasteiger partial charge in [0.25, 0.3) is 0 Å². The van der Waals surface area contributed by atoms with E-state index < -0.39 is 0 Å². The summed E-state index contributed by atoms with van der Waals surface area (Å²) >= 11 is 1.94. The second-order valence-corrected chi connectivity index (χ2v) is 6.35. The molecule has 0 aromatic carbocycles. The van der Waals surface area contributed by atoms with E-state index in [-0.39, 0.29) is 5.60 Å². The van der Waals surface area contributed by atoms with Crippen LogP contribution in [-0.2, 0) is 4.74 Å². The highest BCUT2D eigenvalue weighted by Gasteiger charge is 2.30. The molecule has 0 aromatic rings. The molecule has 2 atom stereocenters. The third-order valence-corrected chi connectivity index (χ3v) is 4.10. The van der Waals surface area contributed by atoms with Crippen molar-refractivity contribution in [3.8, 4) is 0 Å². The SMILES string of the molecule is CSC(C)CCNCC1CCC(C)(C)O1. The molecule has 1 aliphatic rings. The van der Waals surface area contributed by atoms with Crippen LogP contribution in [0.25, 0.3) is 0 Å². The Balaban J connectivity index is 2.02. The average Bonchev–Trinajstić information content (AvgIpc) is 2.52. The van der Waals surface area contributed by atoms with Gasteiger partial charge in [-0.15, -0.1) is 0 Å². The smallest absolute Gasteiger partial charge is 0.0707 e. The number of thioether (sulfide) groups is 1. The summed E-state index contributed by atoms with van der Waals surface area (Å²) in [7, 11) is 0. The van der Waals surface area contributed by atoms with Crippen molar-refractivity contribution in [2.45, 2.75) is 57.0 Å². The monoisotopic (exact) mass is 231 g/mol. The number of nitrogens with one attached hydrogen (secondary N) is 1. The zero-order valence-electron chi connectivity index (χ0n) is 10.5. The molecule has 0 spiro atoms. The Morgan fingerprint density at radius 1 is 1.53 bits per heavy atom. The summed E-state index contributed by atoms with van der Waals surface area (Å²) in [6.07, 6.45) is 6.26. The molecule has 1 rings (SSSR count). The number of hydrogen-bond donors (Lipinski definition) is 1. The van der Waals surface area contributed by atoms with Crippen molar-refractivity contribution in [1.29, 1.82) is 0 Å². The van der Waals surface area contributed by atoms with Crippen LogP contribution in [0.3, 0.4) is 0 Å². The first-order chi connectivity index (χ1) is 7.03. The first kappa shape index (κ1) is 13.3. The van der Waals surface area contributed by atoms with Crippen LogP contribution in [0, 0.1) is 0 Å². The summed E-state index contributed by atoms with van der Waals surface area (Å²) in [5, 5.41) is 4.25. The molecular weight excluding hydrogens is 206 g/mol. The molecular formula is C12H25NOS. The lowest BCUT2D eigenvalue weighted by Crippen LogP contribution is -2.30. The molecule has 90 valence electrons. The van der Waals surface area contributed by atoms with E-state index in [0.717, 1.165) is 18.3 Å². The fourth-order valence-corrected chi connectivity index (χ4v) is 2.26. The van der Waals surface area contributed by atoms with Gasteiger partial charge in [0.15, 0.2) is 0 Å². The fourth-order valence-electron chi connectivity index (χ4n) is 1.91. The molecule has 0 bridgehead atoms. The third kappa shape index (κ3) is 5.23. The second kappa shape index (κ2) is 6.12. The minimum atomic E-state index is 0.110. The predicted molar refractivity (Wildman–Crippen MR) is 68.6 cm³/mol. The Hall–Kier alpha value is 0.270. The van der Waals surface area contributed by atoms with Gasteiger partial charge >= 0.3 is 0 Å². The lowest BCUT2D eigenvalue weighted by Gasteiger charge is -2.19. The molecule has 0 aliphatic carbocycles. The van der Waals surface area contributed by atoms with Crippen molar-refractivity contribution in [3.63, 3.8) is 0 Å². The molecule has 0 aromatic heterocycles. The quantitative estimate of drug-likeness (QED) is 0.710. The van der Waals surface area contributed by atoms with Crippen LogP contribution in [0.15, 0.2) is 0 Å². The van der Waals surface area contributed by atoms with E-state index in [0.29, 0.717) is 6.10 Å². The molecule has 1 aliphatic heterocycles. The summed E-state index contributed by atoms with van der Waals surface area (Å²) in [6, 6.07) is 0. The lowest BCUT2D eigenvalue weighted by molar-refractivity contribution is -0.0141. The van der Waals surface area contributed by atoms with E-state index in [1.54, 1.807) is 0 Å². The average molecular weight is 231 g/mol. The highest BCUT2D eigenvalue weighted by Crippen LogP contribution is 2.28. The van der Waals surface area contributed by atoms with E-state index in [9.17, 15) is 0 Å². The molecule has 0 saturated carbocycles.